The van der Waals surface area contributed by atoms with Gasteiger partial charge in [0.1, 0.15) is 0 Å². The molecule has 0 spiro atoms. The molecule has 1 aromatic heterocycles. The van der Waals surface area contributed by atoms with Gasteiger partial charge in [-0.05, 0) is 43.9 Å². The molecule has 1 aliphatic carbocycles. The van der Waals surface area contributed by atoms with Crippen LogP contribution >= 0.6 is 11.3 Å². The van der Waals surface area contributed by atoms with Crippen molar-refractivity contribution in [1.82, 2.24) is 4.68 Å². The molecule has 0 saturated carbocycles. The van der Waals surface area contributed by atoms with Crippen LogP contribution in [0.1, 0.15) is 29.7 Å². The minimum atomic E-state index is 0.602. The van der Waals surface area contributed by atoms with Gasteiger partial charge >= 0.3 is 0 Å². The molecule has 2 N–H and O–H groups in total. The molecule has 0 unspecified atom stereocenters. The average molecular weight is 376 g/mol. The number of rotatable bonds is 3. The Balaban J connectivity index is 1.66. The van der Waals surface area contributed by atoms with Crippen molar-refractivity contribution < 1.29 is 0 Å². The van der Waals surface area contributed by atoms with E-state index in [1.165, 1.54) is 27.1 Å². The molecule has 0 saturated heterocycles. The van der Waals surface area contributed by atoms with Gasteiger partial charge in [0, 0.05) is 5.56 Å². The fourth-order valence-corrected chi connectivity index (χ4v) is 3.84. The van der Waals surface area contributed by atoms with Crippen molar-refractivity contribution in [2.45, 2.75) is 26.2 Å². The Kier molecular flexibility index (Phi) is 4.93. The molecule has 136 valence electrons. The van der Waals surface area contributed by atoms with Gasteiger partial charge in [-0.25, -0.2) is 4.68 Å². The molecule has 3 aromatic rings. The molecule has 0 bridgehead atoms. The van der Waals surface area contributed by atoms with E-state index >= 15 is 0 Å². The van der Waals surface area contributed by atoms with Crippen molar-refractivity contribution in [3.05, 3.63) is 76.2 Å². The molecule has 0 aliphatic heterocycles. The van der Waals surface area contributed by atoms with E-state index < -0.39 is 0 Å². The van der Waals surface area contributed by atoms with Crippen molar-refractivity contribution in [2.75, 3.05) is 5.84 Å². The zero-order valence-electron chi connectivity index (χ0n) is 15.0. The number of aromatic nitrogens is 1. The largest absolute Gasteiger partial charge is 0.337 e. The first-order chi connectivity index (χ1) is 13.2. The lowest BCUT2D eigenvalue weighted by Gasteiger charge is -2.16. The second kappa shape index (κ2) is 7.67. The Morgan fingerprint density at radius 1 is 0.926 bits per heavy atom. The summed E-state index contributed by atoms with van der Waals surface area (Å²) in [7, 11) is 0. The van der Waals surface area contributed by atoms with Crippen LogP contribution in [-0.2, 0) is 6.42 Å². The van der Waals surface area contributed by atoms with E-state index in [1.54, 1.807) is 0 Å². The van der Waals surface area contributed by atoms with E-state index in [0.717, 1.165) is 41.4 Å². The lowest BCUT2D eigenvalue weighted by atomic mass is 9.90. The van der Waals surface area contributed by atoms with Crippen molar-refractivity contribution in [3.8, 4) is 0 Å². The van der Waals surface area contributed by atoms with Crippen molar-refractivity contribution in [3.63, 3.8) is 0 Å². The van der Waals surface area contributed by atoms with E-state index in [4.69, 9.17) is 5.84 Å². The summed E-state index contributed by atoms with van der Waals surface area (Å²) in [6.45, 7) is 1.90. The Morgan fingerprint density at radius 3 is 2.56 bits per heavy atom. The minimum Gasteiger partial charge on any atom is -0.337 e. The number of nitrogens with zero attached hydrogens (tertiary/aromatic N) is 5. The van der Waals surface area contributed by atoms with Crippen LogP contribution in [0.2, 0.25) is 0 Å². The first kappa shape index (κ1) is 17.4. The van der Waals surface area contributed by atoms with E-state index in [1.807, 2.05) is 43.3 Å². The van der Waals surface area contributed by atoms with Crippen molar-refractivity contribution in [1.29, 1.82) is 0 Å². The summed E-state index contributed by atoms with van der Waals surface area (Å²) < 4.78 is 1.52. The Bertz CT molecular complexity index is 1080. The standard InChI is InChI=1S/C20H20N6S/c1-14-19(24-22-16-10-3-2-4-11-16)27-20(26(14)21)25-23-18-13-7-9-15-8-5-6-12-17(15)18/h2-6,8,10-12H,7,9,13,21H2,1H3/b23-18+,24-22?,25-20-. The quantitative estimate of drug-likeness (QED) is 0.404. The van der Waals surface area contributed by atoms with E-state index in [9.17, 15) is 0 Å². The van der Waals surface area contributed by atoms with Gasteiger partial charge in [0.05, 0.1) is 17.1 Å². The van der Waals surface area contributed by atoms with Crippen LogP contribution in [-0.4, -0.2) is 10.4 Å². The lowest BCUT2D eigenvalue weighted by molar-refractivity contribution is 0.828. The predicted octanol–water partition coefficient (Wildman–Crippen LogP) is 4.63. The maximum atomic E-state index is 6.15. The summed E-state index contributed by atoms with van der Waals surface area (Å²) in [6, 6.07) is 18.0. The molecule has 7 heteroatoms. The highest BCUT2D eigenvalue weighted by Crippen LogP contribution is 2.24. The zero-order chi connectivity index (χ0) is 18.6. The van der Waals surface area contributed by atoms with Gasteiger partial charge in [0.25, 0.3) is 0 Å². The van der Waals surface area contributed by atoms with Crippen LogP contribution in [0.4, 0.5) is 10.7 Å². The van der Waals surface area contributed by atoms with Crippen LogP contribution in [0.15, 0.2) is 75.0 Å². The molecule has 1 aliphatic rings. The lowest BCUT2D eigenvalue weighted by Crippen LogP contribution is -2.24. The number of hydrogen-bond donors (Lipinski definition) is 1. The number of azo groups is 1. The van der Waals surface area contributed by atoms with Crippen LogP contribution in [0.3, 0.4) is 0 Å². The third-order valence-electron chi connectivity index (χ3n) is 4.52. The predicted molar refractivity (Wildman–Crippen MR) is 109 cm³/mol. The van der Waals surface area contributed by atoms with E-state index in [2.05, 4.69) is 38.6 Å². The van der Waals surface area contributed by atoms with Gasteiger partial charge in [-0.3, -0.25) is 0 Å². The molecule has 2 aromatic carbocycles. The highest BCUT2D eigenvalue weighted by Gasteiger charge is 2.14. The number of thiazole rings is 1. The summed E-state index contributed by atoms with van der Waals surface area (Å²) in [6.07, 6.45) is 3.11. The summed E-state index contributed by atoms with van der Waals surface area (Å²) in [5.74, 6) is 6.15. The maximum Gasteiger partial charge on any atom is 0.231 e. The monoisotopic (exact) mass is 376 g/mol. The number of aryl methyl sites for hydroxylation is 1. The molecule has 1 heterocycles. The van der Waals surface area contributed by atoms with Gasteiger partial charge < -0.3 is 5.84 Å². The van der Waals surface area contributed by atoms with Gasteiger partial charge in [0.2, 0.25) is 4.80 Å². The van der Waals surface area contributed by atoms with Crippen LogP contribution < -0.4 is 10.6 Å². The first-order valence-electron chi connectivity index (χ1n) is 8.85. The number of benzene rings is 2. The smallest absolute Gasteiger partial charge is 0.231 e. The topological polar surface area (TPSA) is 80.4 Å². The Labute approximate surface area is 161 Å². The van der Waals surface area contributed by atoms with E-state index in [-0.39, 0.29) is 0 Å². The van der Waals surface area contributed by atoms with Gasteiger partial charge in [-0.2, -0.15) is 5.10 Å². The summed E-state index contributed by atoms with van der Waals surface area (Å²) in [5.41, 5.74) is 5.14. The third-order valence-corrected chi connectivity index (χ3v) is 5.55. The number of hydrogen-bond acceptors (Lipinski definition) is 6. The minimum absolute atomic E-state index is 0.602. The number of nitrogens with two attached hydrogens (primary N) is 1. The fraction of sp³-hybridized carbons (Fsp3) is 0.200. The molecular formula is C20H20N6S. The zero-order valence-corrected chi connectivity index (χ0v) is 15.9. The molecule has 0 fully saturated rings. The summed E-state index contributed by atoms with van der Waals surface area (Å²) >= 11 is 1.38. The molecule has 0 radical (unpaired) electrons. The van der Waals surface area contributed by atoms with Crippen LogP contribution in [0.25, 0.3) is 0 Å². The molecule has 27 heavy (non-hydrogen) atoms. The third kappa shape index (κ3) is 3.73. The molecule has 6 nitrogen and oxygen atoms in total. The van der Waals surface area contributed by atoms with Crippen LogP contribution in [0, 0.1) is 6.92 Å². The average Bonchev–Trinajstić information content (AvgIpc) is 2.99. The van der Waals surface area contributed by atoms with E-state index in [0.29, 0.717) is 4.80 Å². The number of nitrogen functional groups attached to an aromatic ring is 1. The number of fused-ring (bicyclic) bond motifs is 1. The van der Waals surface area contributed by atoms with Crippen molar-refractivity contribution >= 4 is 27.7 Å². The second-order valence-electron chi connectivity index (χ2n) is 6.34. The van der Waals surface area contributed by atoms with Gasteiger partial charge in [-0.15, -0.1) is 15.3 Å². The maximum absolute atomic E-state index is 6.15. The SMILES string of the molecule is Cc1c(N=Nc2ccccc2)s/c(=N\N=C2/CCCc3ccccc32)n1N. The van der Waals surface area contributed by atoms with Crippen LogP contribution in [0.5, 0.6) is 0 Å². The highest BCUT2D eigenvalue weighted by molar-refractivity contribution is 7.13. The fourth-order valence-electron chi connectivity index (χ4n) is 3.02. The normalized spacial score (nSPS) is 16.2. The molecule has 0 amide bonds. The second-order valence-corrected chi connectivity index (χ2v) is 7.29. The van der Waals surface area contributed by atoms with Crippen molar-refractivity contribution in [2.24, 2.45) is 20.4 Å². The Hall–Kier alpha value is -3.06. The molecular weight excluding hydrogens is 356 g/mol. The van der Waals surface area contributed by atoms with Gasteiger partial charge in [0.15, 0.2) is 5.00 Å². The summed E-state index contributed by atoms with van der Waals surface area (Å²) in [4.78, 5) is 0.602. The molecule has 4 rings (SSSR count). The molecule has 0 atom stereocenters. The highest BCUT2D eigenvalue weighted by atomic mass is 32.1. The first-order valence-corrected chi connectivity index (χ1v) is 9.67. The summed E-state index contributed by atoms with van der Waals surface area (Å²) in [5, 5.41) is 18.2. The van der Waals surface area contributed by atoms with Gasteiger partial charge in [-0.1, -0.05) is 53.8 Å². The Morgan fingerprint density at radius 2 is 1.70 bits per heavy atom.